The van der Waals surface area contributed by atoms with Gasteiger partial charge >= 0.3 is 0 Å². The second kappa shape index (κ2) is 5.92. The lowest BCUT2D eigenvalue weighted by Gasteiger charge is -2.29. The molecule has 0 bridgehead atoms. The molecule has 2 heterocycles. The second-order valence-corrected chi connectivity index (χ2v) is 6.28. The fraction of sp³-hybridized carbons (Fsp3) is 0.667. The van der Waals surface area contributed by atoms with Crippen LogP contribution in [0.15, 0.2) is 17.5 Å². The minimum Gasteiger partial charge on any atom is -0.309 e. The van der Waals surface area contributed by atoms with E-state index in [2.05, 4.69) is 41.5 Å². The van der Waals surface area contributed by atoms with Crippen LogP contribution in [0.4, 0.5) is 0 Å². The van der Waals surface area contributed by atoms with Gasteiger partial charge in [0.15, 0.2) is 0 Å². The van der Waals surface area contributed by atoms with Crippen molar-refractivity contribution >= 4 is 23.1 Å². The monoisotopic (exact) mass is 241 g/mol. The zero-order valence-corrected chi connectivity index (χ0v) is 10.9. The summed E-state index contributed by atoms with van der Waals surface area (Å²) in [5.74, 6) is 1.35. The van der Waals surface area contributed by atoms with Gasteiger partial charge in [-0.2, -0.15) is 11.8 Å². The smallest absolute Gasteiger partial charge is 0.0535 e. The minimum atomic E-state index is 0.584. The van der Waals surface area contributed by atoms with E-state index in [1.165, 1.54) is 29.9 Å². The Morgan fingerprint density at radius 3 is 3.07 bits per heavy atom. The Labute approximate surface area is 101 Å². The van der Waals surface area contributed by atoms with Crippen molar-refractivity contribution in [2.45, 2.75) is 37.5 Å². The van der Waals surface area contributed by atoms with Crippen molar-refractivity contribution in [2.24, 2.45) is 0 Å². The molecule has 1 N–H and O–H groups in total. The Kier molecular flexibility index (Phi) is 4.54. The summed E-state index contributed by atoms with van der Waals surface area (Å²) in [5.41, 5.74) is 0. The summed E-state index contributed by atoms with van der Waals surface area (Å²) in [6.07, 6.45) is 4.19. The summed E-state index contributed by atoms with van der Waals surface area (Å²) >= 11 is 4.04. The van der Waals surface area contributed by atoms with Crippen LogP contribution < -0.4 is 5.32 Å². The van der Waals surface area contributed by atoms with Crippen LogP contribution in [0.2, 0.25) is 0 Å². The highest BCUT2D eigenvalue weighted by Gasteiger charge is 2.25. The summed E-state index contributed by atoms with van der Waals surface area (Å²) in [6.45, 7) is 3.27. The van der Waals surface area contributed by atoms with Gasteiger partial charge in [0.25, 0.3) is 0 Å². The first-order chi connectivity index (χ1) is 7.42. The molecule has 2 rings (SSSR count). The van der Waals surface area contributed by atoms with Gasteiger partial charge in [-0.15, -0.1) is 11.3 Å². The molecule has 0 radical (unpaired) electrons. The number of nitrogens with one attached hydrogen (secondary N) is 1. The van der Waals surface area contributed by atoms with Gasteiger partial charge in [-0.05, 0) is 36.6 Å². The van der Waals surface area contributed by atoms with Crippen LogP contribution in [-0.4, -0.2) is 17.5 Å². The third-order valence-corrected chi connectivity index (χ3v) is 5.28. The zero-order chi connectivity index (χ0) is 10.5. The fourth-order valence-electron chi connectivity index (χ4n) is 2.13. The van der Waals surface area contributed by atoms with E-state index in [4.69, 9.17) is 0 Å². The normalized spacial score (nSPS) is 23.9. The van der Waals surface area contributed by atoms with Gasteiger partial charge in [0.05, 0.1) is 6.04 Å². The molecular formula is C12H19NS2. The summed E-state index contributed by atoms with van der Waals surface area (Å²) in [6, 6.07) is 5.02. The lowest BCUT2D eigenvalue weighted by molar-refractivity contribution is 0.497. The molecule has 2 unspecified atom stereocenters. The predicted molar refractivity (Wildman–Crippen MR) is 70.8 cm³/mol. The van der Waals surface area contributed by atoms with E-state index in [1.807, 2.05) is 11.3 Å². The Balaban J connectivity index is 2.04. The van der Waals surface area contributed by atoms with Crippen LogP contribution in [0.1, 0.15) is 37.1 Å². The van der Waals surface area contributed by atoms with Gasteiger partial charge in [0.1, 0.15) is 0 Å². The van der Waals surface area contributed by atoms with Crippen LogP contribution in [0.5, 0.6) is 0 Å². The summed E-state index contributed by atoms with van der Waals surface area (Å²) in [5, 5.41) is 6.62. The summed E-state index contributed by atoms with van der Waals surface area (Å²) < 4.78 is 0. The molecule has 84 valence electrons. The Bertz CT molecular complexity index is 265. The van der Waals surface area contributed by atoms with Crippen molar-refractivity contribution in [2.75, 3.05) is 12.3 Å². The van der Waals surface area contributed by atoms with Crippen molar-refractivity contribution < 1.29 is 0 Å². The molecular weight excluding hydrogens is 222 g/mol. The molecule has 1 aliphatic heterocycles. The number of thiophene rings is 1. The van der Waals surface area contributed by atoms with E-state index in [-0.39, 0.29) is 0 Å². The molecule has 0 amide bonds. The van der Waals surface area contributed by atoms with E-state index >= 15 is 0 Å². The van der Waals surface area contributed by atoms with E-state index in [0.717, 1.165) is 11.8 Å². The number of rotatable bonds is 4. The number of hydrogen-bond donors (Lipinski definition) is 1. The minimum absolute atomic E-state index is 0.584. The molecule has 0 aliphatic carbocycles. The van der Waals surface area contributed by atoms with Crippen LogP contribution in [0.25, 0.3) is 0 Å². The quantitative estimate of drug-likeness (QED) is 0.863. The van der Waals surface area contributed by atoms with Gasteiger partial charge in [-0.1, -0.05) is 19.4 Å². The SMILES string of the molecule is CCNC(c1cccs1)C1CCCCS1. The Hall–Kier alpha value is 0.01000. The highest BCUT2D eigenvalue weighted by Crippen LogP contribution is 2.36. The van der Waals surface area contributed by atoms with Crippen LogP contribution in [0, 0.1) is 0 Å². The van der Waals surface area contributed by atoms with Crippen molar-refractivity contribution in [3.8, 4) is 0 Å². The van der Waals surface area contributed by atoms with E-state index < -0.39 is 0 Å². The van der Waals surface area contributed by atoms with Crippen LogP contribution >= 0.6 is 23.1 Å². The molecule has 3 heteroatoms. The van der Waals surface area contributed by atoms with Gasteiger partial charge in [-0.25, -0.2) is 0 Å². The first kappa shape index (κ1) is 11.5. The van der Waals surface area contributed by atoms with Crippen LogP contribution in [0.3, 0.4) is 0 Å². The molecule has 1 aliphatic rings. The van der Waals surface area contributed by atoms with E-state index in [1.54, 1.807) is 0 Å². The number of thioether (sulfide) groups is 1. The van der Waals surface area contributed by atoms with Crippen molar-refractivity contribution in [3.63, 3.8) is 0 Å². The second-order valence-electron chi connectivity index (χ2n) is 3.96. The largest absolute Gasteiger partial charge is 0.309 e. The maximum Gasteiger partial charge on any atom is 0.0535 e. The standard InChI is InChI=1S/C12H19NS2/c1-2-13-12(11-7-5-9-15-11)10-6-3-4-8-14-10/h5,7,9-10,12-13H,2-4,6,8H2,1H3. The maximum absolute atomic E-state index is 3.64. The molecule has 1 aromatic heterocycles. The van der Waals surface area contributed by atoms with Gasteiger partial charge in [0.2, 0.25) is 0 Å². The van der Waals surface area contributed by atoms with Crippen LogP contribution in [-0.2, 0) is 0 Å². The average Bonchev–Trinajstić information content (AvgIpc) is 2.80. The molecule has 1 aromatic rings. The molecule has 0 spiro atoms. The van der Waals surface area contributed by atoms with Gasteiger partial charge in [-0.3, -0.25) is 0 Å². The first-order valence-electron chi connectivity index (χ1n) is 5.80. The zero-order valence-electron chi connectivity index (χ0n) is 9.24. The Morgan fingerprint density at radius 1 is 1.53 bits per heavy atom. The highest BCUT2D eigenvalue weighted by molar-refractivity contribution is 8.00. The average molecular weight is 241 g/mol. The molecule has 1 fully saturated rings. The third kappa shape index (κ3) is 2.99. The molecule has 1 nitrogen and oxygen atoms in total. The lowest BCUT2D eigenvalue weighted by atomic mass is 10.1. The van der Waals surface area contributed by atoms with Gasteiger partial charge < -0.3 is 5.32 Å². The Morgan fingerprint density at radius 2 is 2.47 bits per heavy atom. The maximum atomic E-state index is 3.64. The number of hydrogen-bond acceptors (Lipinski definition) is 3. The van der Waals surface area contributed by atoms with Gasteiger partial charge in [0, 0.05) is 10.1 Å². The fourth-order valence-corrected chi connectivity index (χ4v) is 4.53. The summed E-state index contributed by atoms with van der Waals surface area (Å²) in [4.78, 5) is 1.51. The topological polar surface area (TPSA) is 12.0 Å². The molecule has 2 atom stereocenters. The van der Waals surface area contributed by atoms with Crippen molar-refractivity contribution in [3.05, 3.63) is 22.4 Å². The van der Waals surface area contributed by atoms with E-state index in [9.17, 15) is 0 Å². The van der Waals surface area contributed by atoms with Crippen molar-refractivity contribution in [1.82, 2.24) is 5.32 Å². The highest BCUT2D eigenvalue weighted by atomic mass is 32.2. The molecule has 1 saturated heterocycles. The van der Waals surface area contributed by atoms with E-state index in [0.29, 0.717) is 6.04 Å². The third-order valence-electron chi connectivity index (χ3n) is 2.86. The molecule has 0 saturated carbocycles. The summed E-state index contributed by atoms with van der Waals surface area (Å²) in [7, 11) is 0. The molecule has 0 aromatic carbocycles. The van der Waals surface area contributed by atoms with Crippen molar-refractivity contribution in [1.29, 1.82) is 0 Å². The first-order valence-corrected chi connectivity index (χ1v) is 7.73. The predicted octanol–water partition coefficient (Wildman–Crippen LogP) is 3.68. The molecule has 15 heavy (non-hydrogen) atoms. The lowest BCUT2D eigenvalue weighted by Crippen LogP contribution is -2.31.